The summed E-state index contributed by atoms with van der Waals surface area (Å²) in [6.45, 7) is 6.65. The third-order valence-corrected chi connectivity index (χ3v) is 6.44. The highest BCUT2D eigenvalue weighted by atomic mass is 32.2. The van der Waals surface area contributed by atoms with Gasteiger partial charge in [-0.05, 0) is 38.4 Å². The van der Waals surface area contributed by atoms with Crippen molar-refractivity contribution in [2.45, 2.75) is 33.2 Å². The molecule has 1 aliphatic heterocycles. The average molecular weight is 410 g/mol. The minimum Gasteiger partial charge on any atom is -0.337 e. The molecule has 8 heteroatoms. The first-order valence-electron chi connectivity index (χ1n) is 9.60. The molecular weight excluding hydrogens is 378 g/mol. The third kappa shape index (κ3) is 6.91. The fourth-order valence-electron chi connectivity index (χ4n) is 3.33. The molecule has 1 saturated heterocycles. The fraction of sp³-hybridized carbons (Fsp3) is 0.600. The van der Waals surface area contributed by atoms with E-state index >= 15 is 0 Å². The van der Waals surface area contributed by atoms with Gasteiger partial charge in [0.25, 0.3) is 0 Å². The molecule has 0 bridgehead atoms. The van der Waals surface area contributed by atoms with Crippen LogP contribution in [-0.2, 0) is 19.4 Å². The monoisotopic (exact) mass is 409 g/mol. The number of likely N-dealkylation sites (N-methyl/N-ethyl adjacent to an activating group) is 1. The van der Waals surface area contributed by atoms with Gasteiger partial charge in [-0.25, -0.2) is 8.42 Å². The van der Waals surface area contributed by atoms with Crippen molar-refractivity contribution in [1.82, 2.24) is 9.80 Å². The van der Waals surface area contributed by atoms with Gasteiger partial charge in [-0.15, -0.1) is 0 Å². The molecule has 0 spiro atoms. The van der Waals surface area contributed by atoms with Crippen molar-refractivity contribution in [1.29, 1.82) is 0 Å². The molecular formula is C20H31N3O4S. The number of rotatable bonds is 8. The van der Waals surface area contributed by atoms with Gasteiger partial charge in [0.05, 0.1) is 24.6 Å². The second-order valence-corrected chi connectivity index (χ2v) is 10.3. The Kier molecular flexibility index (Phi) is 7.60. The van der Waals surface area contributed by atoms with Gasteiger partial charge in [0, 0.05) is 18.3 Å². The Bertz CT molecular complexity index is 790. The lowest BCUT2D eigenvalue weighted by Gasteiger charge is -2.31. The molecule has 1 aromatic carbocycles. The first kappa shape index (κ1) is 22.4. The van der Waals surface area contributed by atoms with E-state index in [2.05, 4.69) is 5.32 Å². The Morgan fingerprint density at radius 1 is 1.18 bits per heavy atom. The normalized spacial score (nSPS) is 18.4. The number of carbonyl (C=O) groups excluding carboxylic acids is 2. The van der Waals surface area contributed by atoms with E-state index in [4.69, 9.17) is 0 Å². The van der Waals surface area contributed by atoms with Crippen LogP contribution >= 0.6 is 0 Å². The zero-order chi connectivity index (χ0) is 20.9. The van der Waals surface area contributed by atoms with E-state index in [-0.39, 0.29) is 48.4 Å². The van der Waals surface area contributed by atoms with Crippen LogP contribution in [0, 0.1) is 12.8 Å². The number of nitrogens with one attached hydrogen (secondary N) is 1. The van der Waals surface area contributed by atoms with Crippen molar-refractivity contribution in [3.8, 4) is 0 Å². The first-order valence-corrected chi connectivity index (χ1v) is 11.4. The van der Waals surface area contributed by atoms with Crippen molar-refractivity contribution in [3.63, 3.8) is 0 Å². The average Bonchev–Trinajstić information content (AvgIpc) is 2.94. The molecule has 0 unspecified atom stereocenters. The number of carbonyl (C=O) groups is 2. The standard InChI is InChI=1S/C20H31N3O4S/c1-15(2)11-23(18-9-10-28(26,27)14-18)20(25)13-22(4)12-19(24)21-17-7-5-16(3)6-8-17/h5-8,15,18H,9-14H2,1-4H3,(H,21,24)/t18-/m0/s1. The van der Waals surface area contributed by atoms with Gasteiger partial charge in [-0.1, -0.05) is 31.5 Å². The van der Waals surface area contributed by atoms with E-state index < -0.39 is 9.84 Å². The molecule has 1 atom stereocenters. The molecule has 28 heavy (non-hydrogen) atoms. The van der Waals surface area contributed by atoms with Crippen molar-refractivity contribution in [2.75, 3.05) is 43.5 Å². The molecule has 1 heterocycles. The Balaban J connectivity index is 1.92. The summed E-state index contributed by atoms with van der Waals surface area (Å²) in [5.74, 6) is 0.0686. The van der Waals surface area contributed by atoms with Gasteiger partial charge < -0.3 is 10.2 Å². The molecule has 0 radical (unpaired) electrons. The lowest BCUT2D eigenvalue weighted by atomic mass is 10.1. The summed E-state index contributed by atoms with van der Waals surface area (Å²) in [7, 11) is -1.35. The summed E-state index contributed by atoms with van der Waals surface area (Å²) in [5, 5.41) is 2.82. The number of sulfone groups is 1. The molecule has 0 saturated carbocycles. The van der Waals surface area contributed by atoms with E-state index in [0.29, 0.717) is 18.7 Å². The molecule has 156 valence electrons. The highest BCUT2D eigenvalue weighted by Gasteiger charge is 2.35. The topological polar surface area (TPSA) is 86.8 Å². The largest absolute Gasteiger partial charge is 0.337 e. The third-order valence-electron chi connectivity index (χ3n) is 4.69. The number of nitrogens with zero attached hydrogens (tertiary/aromatic N) is 2. The minimum atomic E-state index is -3.07. The van der Waals surface area contributed by atoms with Crippen LogP contribution in [0.1, 0.15) is 25.8 Å². The predicted octanol–water partition coefficient (Wildman–Crippen LogP) is 1.54. The van der Waals surface area contributed by atoms with Crippen LogP contribution in [0.4, 0.5) is 5.69 Å². The van der Waals surface area contributed by atoms with Crippen LogP contribution < -0.4 is 5.32 Å². The first-order chi connectivity index (χ1) is 13.1. The van der Waals surface area contributed by atoms with Crippen molar-refractivity contribution in [3.05, 3.63) is 29.8 Å². The number of benzene rings is 1. The summed E-state index contributed by atoms with van der Waals surface area (Å²) < 4.78 is 23.6. The maximum Gasteiger partial charge on any atom is 0.238 e. The van der Waals surface area contributed by atoms with Crippen LogP contribution in [-0.4, -0.2) is 74.3 Å². The molecule has 2 amide bonds. The summed E-state index contributed by atoms with van der Waals surface area (Å²) >= 11 is 0. The number of anilines is 1. The SMILES string of the molecule is Cc1ccc(NC(=O)CN(C)CC(=O)N(CC(C)C)[C@H]2CCS(=O)(=O)C2)cc1. The Morgan fingerprint density at radius 3 is 2.36 bits per heavy atom. The van der Waals surface area contributed by atoms with Crippen LogP contribution in [0.2, 0.25) is 0 Å². The van der Waals surface area contributed by atoms with Crippen LogP contribution in [0.15, 0.2) is 24.3 Å². The molecule has 1 N–H and O–H groups in total. The molecule has 1 fully saturated rings. The molecule has 0 aliphatic carbocycles. The maximum absolute atomic E-state index is 12.8. The summed E-state index contributed by atoms with van der Waals surface area (Å²) in [4.78, 5) is 28.4. The Labute approximate surface area is 168 Å². The lowest BCUT2D eigenvalue weighted by molar-refractivity contribution is -0.134. The number of aryl methyl sites for hydroxylation is 1. The zero-order valence-electron chi connectivity index (χ0n) is 17.1. The second kappa shape index (κ2) is 9.52. The van der Waals surface area contributed by atoms with Crippen molar-refractivity contribution < 1.29 is 18.0 Å². The van der Waals surface area contributed by atoms with Crippen LogP contribution in [0.3, 0.4) is 0 Å². The fourth-order valence-corrected chi connectivity index (χ4v) is 5.06. The number of hydrogen-bond acceptors (Lipinski definition) is 5. The molecule has 7 nitrogen and oxygen atoms in total. The molecule has 0 aromatic heterocycles. The van der Waals surface area contributed by atoms with E-state index in [9.17, 15) is 18.0 Å². The predicted molar refractivity (Wildman–Crippen MR) is 111 cm³/mol. The smallest absolute Gasteiger partial charge is 0.238 e. The Morgan fingerprint density at radius 2 is 1.82 bits per heavy atom. The molecule has 1 aliphatic rings. The highest BCUT2D eigenvalue weighted by Crippen LogP contribution is 2.19. The summed E-state index contributed by atoms with van der Waals surface area (Å²) in [6.07, 6.45) is 0.485. The molecule has 1 aromatic rings. The van der Waals surface area contributed by atoms with Crippen LogP contribution in [0.5, 0.6) is 0 Å². The van der Waals surface area contributed by atoms with Gasteiger partial charge in [-0.3, -0.25) is 14.5 Å². The van der Waals surface area contributed by atoms with Gasteiger partial charge in [-0.2, -0.15) is 0 Å². The van der Waals surface area contributed by atoms with Gasteiger partial charge >= 0.3 is 0 Å². The van der Waals surface area contributed by atoms with E-state index in [1.165, 1.54) is 0 Å². The van der Waals surface area contributed by atoms with E-state index in [1.807, 2.05) is 45.0 Å². The quantitative estimate of drug-likeness (QED) is 0.704. The number of hydrogen-bond donors (Lipinski definition) is 1. The maximum atomic E-state index is 12.8. The second-order valence-electron chi connectivity index (χ2n) is 8.08. The van der Waals surface area contributed by atoms with Gasteiger partial charge in [0.1, 0.15) is 0 Å². The van der Waals surface area contributed by atoms with E-state index in [0.717, 1.165) is 5.56 Å². The molecule has 2 rings (SSSR count). The summed E-state index contributed by atoms with van der Waals surface area (Å²) in [5.41, 5.74) is 1.83. The van der Waals surface area contributed by atoms with Gasteiger partial charge in [0.2, 0.25) is 11.8 Å². The van der Waals surface area contributed by atoms with Crippen LogP contribution in [0.25, 0.3) is 0 Å². The van der Waals surface area contributed by atoms with E-state index in [1.54, 1.807) is 16.8 Å². The number of amides is 2. The minimum absolute atomic E-state index is 0.0308. The van der Waals surface area contributed by atoms with Gasteiger partial charge in [0.15, 0.2) is 9.84 Å². The summed E-state index contributed by atoms with van der Waals surface area (Å²) in [6, 6.07) is 7.24. The highest BCUT2D eigenvalue weighted by molar-refractivity contribution is 7.91. The van der Waals surface area contributed by atoms with Crippen molar-refractivity contribution >= 4 is 27.3 Å². The Hall–Kier alpha value is -1.93. The van der Waals surface area contributed by atoms with Crippen molar-refractivity contribution in [2.24, 2.45) is 5.92 Å². The lowest BCUT2D eigenvalue weighted by Crippen LogP contribution is -2.48. The zero-order valence-corrected chi connectivity index (χ0v) is 18.0.